The van der Waals surface area contributed by atoms with Crippen LogP contribution in [0.2, 0.25) is 0 Å². The molecule has 3 rings (SSSR count). The smallest absolute Gasteiger partial charge is 0.310 e. The van der Waals surface area contributed by atoms with Gasteiger partial charge in [-0.3, -0.25) is 4.79 Å². The fraction of sp³-hybridized carbons (Fsp3) is 0.348. The Bertz CT molecular complexity index is 839. The van der Waals surface area contributed by atoms with Gasteiger partial charge in [0.25, 0.3) is 0 Å². The van der Waals surface area contributed by atoms with Gasteiger partial charge in [0.15, 0.2) is 0 Å². The first-order valence-electron chi connectivity index (χ1n) is 9.47. The normalized spacial score (nSPS) is 14.3. The average molecular weight is 365 g/mol. The molecule has 0 amide bonds. The summed E-state index contributed by atoms with van der Waals surface area (Å²) >= 11 is 0. The first-order chi connectivity index (χ1) is 13.1. The topological polar surface area (TPSA) is 47.6 Å². The molecule has 0 atom stereocenters. The number of nitrogens with one attached hydrogen (secondary N) is 1. The van der Waals surface area contributed by atoms with E-state index in [4.69, 9.17) is 9.47 Å². The molecule has 1 N–H and O–H groups in total. The third kappa shape index (κ3) is 4.77. The number of ether oxygens (including phenoxy) is 2. The summed E-state index contributed by atoms with van der Waals surface area (Å²) in [5, 5.41) is 3.19. The first kappa shape index (κ1) is 19.2. The zero-order valence-electron chi connectivity index (χ0n) is 16.2. The summed E-state index contributed by atoms with van der Waals surface area (Å²) in [5.41, 5.74) is 5.49. The monoisotopic (exact) mass is 365 g/mol. The molecule has 1 aliphatic heterocycles. The Morgan fingerprint density at radius 3 is 2.81 bits per heavy atom. The largest absolute Gasteiger partial charge is 0.488 e. The van der Waals surface area contributed by atoms with Crippen molar-refractivity contribution in [3.63, 3.8) is 0 Å². The maximum absolute atomic E-state index is 12.1. The number of carbonyl (C=O) groups is 1. The van der Waals surface area contributed by atoms with E-state index in [0.29, 0.717) is 6.61 Å². The van der Waals surface area contributed by atoms with Crippen LogP contribution < -0.4 is 10.1 Å². The van der Waals surface area contributed by atoms with Crippen LogP contribution in [-0.2, 0) is 22.6 Å². The van der Waals surface area contributed by atoms with Crippen molar-refractivity contribution in [3.8, 4) is 5.75 Å². The molecule has 0 saturated carbocycles. The van der Waals surface area contributed by atoms with E-state index in [1.807, 2.05) is 39.1 Å². The molecule has 2 aromatic carbocycles. The van der Waals surface area contributed by atoms with Crippen LogP contribution in [0.15, 0.2) is 48.5 Å². The summed E-state index contributed by atoms with van der Waals surface area (Å²) < 4.78 is 11.4. The minimum Gasteiger partial charge on any atom is -0.488 e. The van der Waals surface area contributed by atoms with Crippen LogP contribution in [0.1, 0.15) is 42.5 Å². The molecule has 142 valence electrons. The van der Waals surface area contributed by atoms with E-state index in [9.17, 15) is 4.79 Å². The highest BCUT2D eigenvalue weighted by Gasteiger charge is 2.20. The molecule has 0 fully saturated rings. The highest BCUT2D eigenvalue weighted by atomic mass is 16.5. The molecule has 4 heteroatoms. The zero-order chi connectivity index (χ0) is 19.2. The second-order valence-corrected chi connectivity index (χ2v) is 7.00. The van der Waals surface area contributed by atoms with Crippen LogP contribution in [0.3, 0.4) is 0 Å². The Hall–Kier alpha value is -2.59. The minimum atomic E-state index is -0.208. The van der Waals surface area contributed by atoms with Crippen molar-refractivity contribution < 1.29 is 14.3 Å². The van der Waals surface area contributed by atoms with Gasteiger partial charge in [0.05, 0.1) is 12.5 Å². The van der Waals surface area contributed by atoms with Crippen molar-refractivity contribution >= 4 is 11.5 Å². The first-order valence-corrected chi connectivity index (χ1v) is 9.47. The molecule has 1 aliphatic rings. The second kappa shape index (κ2) is 8.87. The Balaban J connectivity index is 1.99. The standard InChI is InChI=1S/C23H27NO3/c1-16(2)27-23(25)14-17-10-11-22-21(13-17)20(9-6-12-24-3)19-8-5-4-7-18(19)15-26-22/h4-5,7-11,13,16,24H,6,12,14-15H2,1-3H3/b20-9-. The highest BCUT2D eigenvalue weighted by molar-refractivity contribution is 5.85. The lowest BCUT2D eigenvalue weighted by molar-refractivity contribution is -0.146. The summed E-state index contributed by atoms with van der Waals surface area (Å²) in [5.74, 6) is 0.642. The van der Waals surface area contributed by atoms with Gasteiger partial charge in [-0.2, -0.15) is 0 Å². The van der Waals surface area contributed by atoms with Crippen LogP contribution in [0, 0.1) is 0 Å². The summed E-state index contributed by atoms with van der Waals surface area (Å²) in [6.45, 7) is 5.17. The number of hydrogen-bond donors (Lipinski definition) is 1. The van der Waals surface area contributed by atoms with Crippen LogP contribution in [-0.4, -0.2) is 25.7 Å². The van der Waals surface area contributed by atoms with Crippen LogP contribution >= 0.6 is 0 Å². The Labute approximate surface area is 161 Å². The number of carbonyl (C=O) groups excluding carboxylic acids is 1. The van der Waals surface area contributed by atoms with Crippen molar-refractivity contribution in [2.75, 3.05) is 13.6 Å². The molecule has 1 heterocycles. The molecule has 0 aromatic heterocycles. The van der Waals surface area contributed by atoms with Crippen molar-refractivity contribution in [1.29, 1.82) is 0 Å². The van der Waals surface area contributed by atoms with Gasteiger partial charge in [0, 0.05) is 5.56 Å². The molecule has 0 spiro atoms. The number of hydrogen-bond acceptors (Lipinski definition) is 4. The Morgan fingerprint density at radius 2 is 2.04 bits per heavy atom. The Kier molecular flexibility index (Phi) is 6.30. The predicted octanol–water partition coefficient (Wildman–Crippen LogP) is 4.11. The van der Waals surface area contributed by atoms with Gasteiger partial charge in [0.1, 0.15) is 12.4 Å². The number of benzene rings is 2. The van der Waals surface area contributed by atoms with Gasteiger partial charge in [-0.1, -0.05) is 36.4 Å². The molecule has 2 aromatic rings. The van der Waals surface area contributed by atoms with E-state index in [2.05, 4.69) is 35.7 Å². The highest BCUT2D eigenvalue weighted by Crippen LogP contribution is 2.37. The zero-order valence-corrected chi connectivity index (χ0v) is 16.2. The quantitative estimate of drug-likeness (QED) is 0.618. The van der Waals surface area contributed by atoms with Crippen LogP contribution in [0.5, 0.6) is 5.75 Å². The lowest BCUT2D eigenvalue weighted by atomic mass is 9.92. The van der Waals surface area contributed by atoms with Crippen LogP contribution in [0.25, 0.3) is 5.57 Å². The van der Waals surface area contributed by atoms with Gasteiger partial charge in [-0.15, -0.1) is 0 Å². The predicted molar refractivity (Wildman–Crippen MR) is 108 cm³/mol. The van der Waals surface area contributed by atoms with E-state index in [0.717, 1.165) is 35.4 Å². The lowest BCUT2D eigenvalue weighted by Gasteiger charge is -2.13. The molecule has 27 heavy (non-hydrogen) atoms. The minimum absolute atomic E-state index is 0.106. The number of rotatable bonds is 6. The molecular formula is C23H27NO3. The molecule has 4 nitrogen and oxygen atoms in total. The number of fused-ring (bicyclic) bond motifs is 2. The summed E-state index contributed by atoms with van der Waals surface area (Å²) in [6, 6.07) is 14.3. The molecule has 0 radical (unpaired) electrons. The average Bonchev–Trinajstić information content (AvgIpc) is 2.78. The third-order valence-corrected chi connectivity index (χ3v) is 4.48. The molecule has 0 bridgehead atoms. The molecular weight excluding hydrogens is 338 g/mol. The van der Waals surface area contributed by atoms with Gasteiger partial charge in [-0.25, -0.2) is 0 Å². The van der Waals surface area contributed by atoms with Gasteiger partial charge in [0.2, 0.25) is 0 Å². The summed E-state index contributed by atoms with van der Waals surface area (Å²) in [4.78, 5) is 12.1. The molecule has 0 unspecified atom stereocenters. The maximum Gasteiger partial charge on any atom is 0.310 e. The summed E-state index contributed by atoms with van der Waals surface area (Å²) in [7, 11) is 1.95. The van der Waals surface area contributed by atoms with Crippen molar-refractivity contribution in [1.82, 2.24) is 5.32 Å². The van der Waals surface area contributed by atoms with E-state index in [-0.39, 0.29) is 18.5 Å². The van der Waals surface area contributed by atoms with Gasteiger partial charge in [-0.05, 0) is 68.3 Å². The van der Waals surface area contributed by atoms with E-state index < -0.39 is 0 Å². The Morgan fingerprint density at radius 1 is 1.22 bits per heavy atom. The maximum atomic E-state index is 12.1. The van der Waals surface area contributed by atoms with Crippen LogP contribution in [0.4, 0.5) is 0 Å². The van der Waals surface area contributed by atoms with Crippen molar-refractivity contribution in [2.45, 2.75) is 39.4 Å². The lowest BCUT2D eigenvalue weighted by Crippen LogP contribution is -2.13. The SMILES string of the molecule is CNCC/C=C1/c2ccccc2COc2ccc(CC(=O)OC(C)C)cc21. The summed E-state index contributed by atoms with van der Waals surface area (Å²) in [6.07, 6.45) is 3.32. The van der Waals surface area contributed by atoms with E-state index in [1.54, 1.807) is 0 Å². The van der Waals surface area contributed by atoms with E-state index in [1.165, 1.54) is 11.1 Å². The van der Waals surface area contributed by atoms with Gasteiger partial charge >= 0.3 is 5.97 Å². The van der Waals surface area contributed by atoms with Gasteiger partial charge < -0.3 is 14.8 Å². The second-order valence-electron chi connectivity index (χ2n) is 7.00. The fourth-order valence-electron chi connectivity index (χ4n) is 3.28. The fourth-order valence-corrected chi connectivity index (χ4v) is 3.28. The molecule has 0 aliphatic carbocycles. The number of esters is 1. The van der Waals surface area contributed by atoms with Crippen molar-refractivity contribution in [2.24, 2.45) is 0 Å². The molecule has 0 saturated heterocycles. The van der Waals surface area contributed by atoms with E-state index >= 15 is 0 Å². The van der Waals surface area contributed by atoms with Crippen molar-refractivity contribution in [3.05, 3.63) is 70.8 Å². The third-order valence-electron chi connectivity index (χ3n) is 4.48.